The molecule has 0 saturated heterocycles. The minimum atomic E-state index is -3.82. The Morgan fingerprint density at radius 3 is 2.65 bits per heavy atom. The van der Waals surface area contributed by atoms with E-state index >= 15 is 0 Å². The average molecular weight is 315 g/mol. The molecule has 0 unspecified atom stereocenters. The maximum atomic E-state index is 13.6. The van der Waals surface area contributed by atoms with Gasteiger partial charge < -0.3 is 5.73 Å². The van der Waals surface area contributed by atoms with Crippen LogP contribution in [-0.4, -0.2) is 13.4 Å². The number of hydrogen-bond acceptors (Lipinski definition) is 5. The van der Waals surface area contributed by atoms with Crippen LogP contribution in [0.1, 0.15) is 16.3 Å². The molecule has 108 valence electrons. The quantitative estimate of drug-likeness (QED) is 0.845. The number of anilines is 1. The van der Waals surface area contributed by atoms with Crippen LogP contribution in [0.25, 0.3) is 0 Å². The van der Waals surface area contributed by atoms with Gasteiger partial charge in [-0.15, -0.1) is 11.3 Å². The van der Waals surface area contributed by atoms with Crippen molar-refractivity contribution in [3.8, 4) is 0 Å². The molecule has 2 rings (SSSR count). The van der Waals surface area contributed by atoms with Crippen LogP contribution in [0.4, 0.5) is 10.1 Å². The van der Waals surface area contributed by atoms with Gasteiger partial charge in [0.25, 0.3) is 0 Å². The van der Waals surface area contributed by atoms with E-state index in [1.54, 1.807) is 5.38 Å². The molecule has 0 aliphatic rings. The Hall–Kier alpha value is -1.51. The molecule has 1 aromatic heterocycles. The lowest BCUT2D eigenvalue weighted by Crippen LogP contribution is -2.23. The van der Waals surface area contributed by atoms with Crippen molar-refractivity contribution in [1.29, 1.82) is 0 Å². The largest absolute Gasteiger partial charge is 0.398 e. The zero-order valence-electron chi connectivity index (χ0n) is 11.0. The number of thiazole rings is 1. The molecule has 0 aliphatic carbocycles. The zero-order valence-corrected chi connectivity index (χ0v) is 12.6. The predicted octanol–water partition coefficient (Wildman–Crippen LogP) is 1.96. The maximum Gasteiger partial charge on any atom is 0.241 e. The number of aromatic nitrogens is 1. The Balaban J connectivity index is 2.22. The van der Waals surface area contributed by atoms with E-state index in [9.17, 15) is 12.8 Å². The van der Waals surface area contributed by atoms with Gasteiger partial charge in [-0.3, -0.25) is 0 Å². The molecule has 5 nitrogen and oxygen atoms in total. The van der Waals surface area contributed by atoms with Crippen molar-refractivity contribution in [2.75, 3.05) is 5.73 Å². The SMILES string of the molecule is Cc1nc(CNS(=O)(=O)c2cc(N)c(C)c(F)c2)cs1. The monoisotopic (exact) mass is 315 g/mol. The number of rotatable bonds is 4. The number of hydrogen-bond donors (Lipinski definition) is 2. The summed E-state index contributed by atoms with van der Waals surface area (Å²) in [5.41, 5.74) is 6.55. The minimum absolute atomic E-state index is 0.0576. The van der Waals surface area contributed by atoms with E-state index in [1.807, 2.05) is 6.92 Å². The Bertz CT molecular complexity index is 718. The lowest BCUT2D eigenvalue weighted by Gasteiger charge is -2.08. The zero-order chi connectivity index (χ0) is 14.9. The van der Waals surface area contributed by atoms with Crippen LogP contribution in [0.2, 0.25) is 0 Å². The lowest BCUT2D eigenvalue weighted by molar-refractivity contribution is 0.576. The fourth-order valence-electron chi connectivity index (χ4n) is 1.57. The van der Waals surface area contributed by atoms with Crippen molar-refractivity contribution in [2.45, 2.75) is 25.3 Å². The molecule has 3 N–H and O–H groups in total. The van der Waals surface area contributed by atoms with Gasteiger partial charge in [-0.25, -0.2) is 22.5 Å². The van der Waals surface area contributed by atoms with E-state index in [2.05, 4.69) is 9.71 Å². The summed E-state index contributed by atoms with van der Waals surface area (Å²) < 4.78 is 40.1. The van der Waals surface area contributed by atoms with Crippen molar-refractivity contribution in [3.05, 3.63) is 39.6 Å². The number of nitrogen functional groups attached to an aromatic ring is 1. The third-order valence-electron chi connectivity index (χ3n) is 2.78. The summed E-state index contributed by atoms with van der Waals surface area (Å²) in [6, 6.07) is 2.20. The molecule has 0 spiro atoms. The van der Waals surface area contributed by atoms with Gasteiger partial charge in [-0.05, 0) is 26.0 Å². The van der Waals surface area contributed by atoms with Gasteiger partial charge in [0.05, 0.1) is 22.1 Å². The van der Waals surface area contributed by atoms with Crippen LogP contribution in [0.3, 0.4) is 0 Å². The molecule has 0 fully saturated rings. The summed E-state index contributed by atoms with van der Waals surface area (Å²) in [5, 5.41) is 2.62. The third kappa shape index (κ3) is 3.14. The van der Waals surface area contributed by atoms with Gasteiger partial charge in [0.2, 0.25) is 10.0 Å². The third-order valence-corrected chi connectivity index (χ3v) is 4.98. The van der Waals surface area contributed by atoms with Crippen LogP contribution in [0, 0.1) is 19.7 Å². The topological polar surface area (TPSA) is 85.1 Å². The van der Waals surface area contributed by atoms with E-state index in [-0.39, 0.29) is 22.7 Å². The van der Waals surface area contributed by atoms with E-state index in [0.717, 1.165) is 11.1 Å². The molecule has 0 bridgehead atoms. The number of sulfonamides is 1. The molecule has 0 radical (unpaired) electrons. The summed E-state index contributed by atoms with van der Waals surface area (Å²) in [7, 11) is -3.82. The van der Waals surface area contributed by atoms with Crippen LogP contribution < -0.4 is 10.5 Å². The average Bonchev–Trinajstić information content (AvgIpc) is 2.79. The van der Waals surface area contributed by atoms with Gasteiger partial charge in [0, 0.05) is 16.6 Å². The Morgan fingerprint density at radius 2 is 2.10 bits per heavy atom. The van der Waals surface area contributed by atoms with Gasteiger partial charge in [0.15, 0.2) is 0 Å². The molecular weight excluding hydrogens is 301 g/mol. The second-order valence-corrected chi connectivity index (χ2v) is 7.13. The molecule has 20 heavy (non-hydrogen) atoms. The van der Waals surface area contributed by atoms with Crippen molar-refractivity contribution in [3.63, 3.8) is 0 Å². The van der Waals surface area contributed by atoms with Crippen LogP contribution in [0.5, 0.6) is 0 Å². The highest BCUT2D eigenvalue weighted by Crippen LogP contribution is 2.21. The number of benzene rings is 1. The fraction of sp³-hybridized carbons (Fsp3) is 0.250. The van der Waals surface area contributed by atoms with Crippen molar-refractivity contribution < 1.29 is 12.8 Å². The first-order valence-electron chi connectivity index (χ1n) is 5.76. The number of nitrogens with zero attached hydrogens (tertiary/aromatic N) is 1. The number of nitrogens with two attached hydrogens (primary N) is 1. The minimum Gasteiger partial charge on any atom is -0.398 e. The van der Waals surface area contributed by atoms with Gasteiger partial charge in [-0.2, -0.15) is 0 Å². The highest BCUT2D eigenvalue weighted by molar-refractivity contribution is 7.89. The summed E-state index contributed by atoms with van der Waals surface area (Å²) in [6.07, 6.45) is 0. The van der Waals surface area contributed by atoms with E-state index in [1.165, 1.54) is 24.3 Å². The van der Waals surface area contributed by atoms with Gasteiger partial charge in [0.1, 0.15) is 5.82 Å². The molecule has 0 saturated carbocycles. The predicted molar refractivity (Wildman–Crippen MR) is 76.4 cm³/mol. The summed E-state index contributed by atoms with van der Waals surface area (Å²) >= 11 is 1.43. The number of halogens is 1. The lowest BCUT2D eigenvalue weighted by atomic mass is 10.2. The number of aryl methyl sites for hydroxylation is 1. The summed E-state index contributed by atoms with van der Waals surface area (Å²) in [4.78, 5) is 3.96. The van der Waals surface area contributed by atoms with Gasteiger partial charge in [-0.1, -0.05) is 0 Å². The first kappa shape index (κ1) is 14.9. The molecule has 2 aromatic rings. The Labute approximate surface area is 120 Å². The van der Waals surface area contributed by atoms with E-state index in [0.29, 0.717) is 5.69 Å². The molecule has 1 heterocycles. The summed E-state index contributed by atoms with van der Waals surface area (Å²) in [5.74, 6) is -0.644. The van der Waals surface area contributed by atoms with Crippen LogP contribution in [0.15, 0.2) is 22.4 Å². The molecule has 8 heteroatoms. The van der Waals surface area contributed by atoms with Crippen molar-refractivity contribution >= 4 is 27.0 Å². The molecule has 0 atom stereocenters. The van der Waals surface area contributed by atoms with Crippen LogP contribution >= 0.6 is 11.3 Å². The highest BCUT2D eigenvalue weighted by atomic mass is 32.2. The fourth-order valence-corrected chi connectivity index (χ4v) is 3.23. The first-order valence-corrected chi connectivity index (χ1v) is 8.12. The first-order chi connectivity index (χ1) is 9.29. The smallest absolute Gasteiger partial charge is 0.241 e. The number of nitrogens with one attached hydrogen (secondary N) is 1. The van der Waals surface area contributed by atoms with Crippen LogP contribution in [-0.2, 0) is 16.6 Å². The van der Waals surface area contributed by atoms with Crippen molar-refractivity contribution in [2.24, 2.45) is 0 Å². The molecule has 0 aliphatic heterocycles. The Morgan fingerprint density at radius 1 is 1.40 bits per heavy atom. The summed E-state index contributed by atoms with van der Waals surface area (Å²) in [6.45, 7) is 3.38. The molecule has 0 amide bonds. The second kappa shape index (κ2) is 5.47. The Kier molecular flexibility index (Phi) is 4.07. The van der Waals surface area contributed by atoms with E-state index in [4.69, 9.17) is 5.73 Å². The normalized spacial score (nSPS) is 11.8. The molecular formula is C12H14FN3O2S2. The molecule has 1 aromatic carbocycles. The van der Waals surface area contributed by atoms with Crippen molar-refractivity contribution in [1.82, 2.24) is 9.71 Å². The van der Waals surface area contributed by atoms with E-state index < -0.39 is 15.8 Å². The van der Waals surface area contributed by atoms with Gasteiger partial charge >= 0.3 is 0 Å². The maximum absolute atomic E-state index is 13.6. The second-order valence-electron chi connectivity index (χ2n) is 4.30. The standard InChI is InChI=1S/C12H14FN3O2S2/c1-7-11(13)3-10(4-12(7)14)20(17,18)15-5-9-6-19-8(2)16-9/h3-4,6,15H,5,14H2,1-2H3. The highest BCUT2D eigenvalue weighted by Gasteiger charge is 2.17.